The van der Waals surface area contributed by atoms with Crippen LogP contribution in [0.1, 0.15) is 20.3 Å². The summed E-state index contributed by atoms with van der Waals surface area (Å²) in [6.45, 7) is 13.9. The van der Waals surface area contributed by atoms with Crippen molar-refractivity contribution in [2.45, 2.75) is 20.3 Å². The lowest BCUT2D eigenvalue weighted by Crippen LogP contribution is -2.54. The molecular weight excluding hydrogens is 523 g/mol. The van der Waals surface area contributed by atoms with Crippen LogP contribution < -0.4 is 10.2 Å². The molecule has 0 spiro atoms. The first-order chi connectivity index (χ1) is 15.2. The van der Waals surface area contributed by atoms with Crippen LogP contribution in [0.3, 0.4) is 0 Å². The zero-order chi connectivity index (χ0) is 21.9. The van der Waals surface area contributed by atoms with Crippen LogP contribution in [0.5, 0.6) is 0 Å². The number of rotatable bonds is 7. The fourth-order valence-corrected chi connectivity index (χ4v) is 3.85. The van der Waals surface area contributed by atoms with E-state index in [2.05, 4.69) is 36.9 Å². The molecule has 1 N–H and O–H groups in total. The van der Waals surface area contributed by atoms with E-state index in [0.29, 0.717) is 19.7 Å². The second-order valence-corrected chi connectivity index (χ2v) is 7.64. The first kappa shape index (κ1) is 26.4. The number of amides is 1. The van der Waals surface area contributed by atoms with E-state index in [9.17, 15) is 4.79 Å². The molecule has 2 fully saturated rings. The minimum absolute atomic E-state index is 0. The van der Waals surface area contributed by atoms with Crippen molar-refractivity contribution < 1.29 is 9.53 Å². The Morgan fingerprint density at radius 1 is 1.03 bits per heavy atom. The number of guanidine groups is 1. The maximum absolute atomic E-state index is 11.9. The third kappa shape index (κ3) is 7.91. The molecule has 0 atom stereocenters. The topological polar surface area (TPSA) is 89.4 Å². The quantitative estimate of drug-likeness (QED) is 0.232. The molecular formula is C21H37IN8O2. The van der Waals surface area contributed by atoms with Gasteiger partial charge in [0.15, 0.2) is 5.96 Å². The number of piperazine rings is 2. The number of nitrogens with zero attached hydrogens (tertiary/aromatic N) is 7. The molecule has 1 aromatic rings. The maximum Gasteiger partial charge on any atom is 0.409 e. The lowest BCUT2D eigenvalue weighted by Gasteiger charge is -2.36. The van der Waals surface area contributed by atoms with Gasteiger partial charge in [-0.2, -0.15) is 0 Å². The molecule has 3 rings (SSSR count). The molecule has 11 heteroatoms. The zero-order valence-electron chi connectivity index (χ0n) is 19.3. The van der Waals surface area contributed by atoms with Crippen LogP contribution >= 0.6 is 24.0 Å². The molecule has 10 nitrogen and oxygen atoms in total. The maximum atomic E-state index is 11.9. The van der Waals surface area contributed by atoms with Gasteiger partial charge in [-0.05, 0) is 26.3 Å². The van der Waals surface area contributed by atoms with Crippen LogP contribution in [-0.2, 0) is 4.74 Å². The van der Waals surface area contributed by atoms with Gasteiger partial charge in [0.2, 0.25) is 5.95 Å². The number of ether oxygens (including phenoxy) is 1. The van der Waals surface area contributed by atoms with Gasteiger partial charge >= 0.3 is 6.09 Å². The van der Waals surface area contributed by atoms with Crippen LogP contribution in [-0.4, -0.2) is 115 Å². The number of carbonyl (C=O) groups excluding carboxylic acids is 1. The summed E-state index contributed by atoms with van der Waals surface area (Å²) in [6, 6.07) is 1.85. The molecule has 0 aliphatic carbocycles. The van der Waals surface area contributed by atoms with Gasteiger partial charge in [-0.3, -0.25) is 9.89 Å². The molecule has 32 heavy (non-hydrogen) atoms. The predicted octanol–water partition coefficient (Wildman–Crippen LogP) is 1.35. The van der Waals surface area contributed by atoms with Crippen molar-refractivity contribution >= 4 is 42.0 Å². The first-order valence-electron chi connectivity index (χ1n) is 11.4. The van der Waals surface area contributed by atoms with Crippen molar-refractivity contribution in [3.63, 3.8) is 0 Å². The Labute approximate surface area is 208 Å². The average molecular weight is 560 g/mol. The van der Waals surface area contributed by atoms with Crippen molar-refractivity contribution in [2.24, 2.45) is 4.99 Å². The summed E-state index contributed by atoms with van der Waals surface area (Å²) in [7, 11) is 0. The number of hydrogen-bond donors (Lipinski definition) is 1. The Morgan fingerprint density at radius 2 is 1.69 bits per heavy atom. The van der Waals surface area contributed by atoms with Crippen molar-refractivity contribution in [1.29, 1.82) is 0 Å². The van der Waals surface area contributed by atoms with Crippen LogP contribution in [0.25, 0.3) is 0 Å². The highest BCUT2D eigenvalue weighted by Gasteiger charge is 2.23. The number of halogens is 1. The van der Waals surface area contributed by atoms with Gasteiger partial charge in [0.25, 0.3) is 0 Å². The highest BCUT2D eigenvalue weighted by molar-refractivity contribution is 14.0. The zero-order valence-corrected chi connectivity index (χ0v) is 21.6. The van der Waals surface area contributed by atoms with Crippen molar-refractivity contribution in [2.75, 3.05) is 83.5 Å². The molecule has 0 unspecified atom stereocenters. The number of hydrogen-bond acceptors (Lipinski definition) is 7. The van der Waals surface area contributed by atoms with Gasteiger partial charge in [0.05, 0.1) is 6.61 Å². The number of nitrogens with one attached hydrogen (secondary N) is 1. The third-order valence-corrected chi connectivity index (χ3v) is 5.54. The molecule has 0 aromatic carbocycles. The van der Waals surface area contributed by atoms with E-state index in [1.165, 1.54) is 0 Å². The summed E-state index contributed by atoms with van der Waals surface area (Å²) in [5.74, 6) is 1.77. The molecule has 2 aliphatic heterocycles. The molecule has 0 saturated carbocycles. The lowest BCUT2D eigenvalue weighted by atomic mass is 10.3. The Balaban J connectivity index is 0.00000363. The van der Waals surface area contributed by atoms with Crippen molar-refractivity contribution in [3.8, 4) is 0 Å². The SMILES string of the molecule is CCNC(=NCCCN1CCN(c2ncccn2)CC1)N1CCN(C(=O)OCC)CC1.I. The van der Waals surface area contributed by atoms with Gasteiger partial charge in [-0.25, -0.2) is 14.8 Å². The molecule has 3 heterocycles. The lowest BCUT2D eigenvalue weighted by molar-refractivity contribution is 0.0914. The Morgan fingerprint density at radius 3 is 2.31 bits per heavy atom. The molecule has 180 valence electrons. The molecule has 2 saturated heterocycles. The number of carbonyl (C=O) groups is 1. The van der Waals surface area contributed by atoms with Crippen molar-refractivity contribution in [3.05, 3.63) is 18.5 Å². The van der Waals surface area contributed by atoms with Gasteiger partial charge in [-0.1, -0.05) is 0 Å². The second kappa shape index (κ2) is 14.3. The fourth-order valence-electron chi connectivity index (χ4n) is 3.85. The van der Waals surface area contributed by atoms with E-state index >= 15 is 0 Å². The monoisotopic (exact) mass is 560 g/mol. The van der Waals surface area contributed by atoms with Crippen LogP contribution in [0.15, 0.2) is 23.5 Å². The number of aromatic nitrogens is 2. The largest absolute Gasteiger partial charge is 0.450 e. The van der Waals surface area contributed by atoms with E-state index in [4.69, 9.17) is 9.73 Å². The van der Waals surface area contributed by atoms with Gasteiger partial charge in [-0.15, -0.1) is 24.0 Å². The molecule has 1 aromatic heterocycles. The van der Waals surface area contributed by atoms with E-state index in [-0.39, 0.29) is 30.1 Å². The standard InChI is InChI=1S/C21H36N8O2.HI/c1-3-22-19(28-15-17-29(18-16-28)21(30)31-4-2)25-9-6-10-26-11-13-27(14-12-26)20-23-7-5-8-24-20;/h5,7-8H,3-4,6,9-18H2,1-2H3,(H,22,25);1H. The second-order valence-electron chi connectivity index (χ2n) is 7.64. The Hall–Kier alpha value is -1.89. The van der Waals surface area contributed by atoms with Crippen LogP contribution in [0.4, 0.5) is 10.7 Å². The molecule has 1 amide bonds. The highest BCUT2D eigenvalue weighted by atomic mass is 127. The summed E-state index contributed by atoms with van der Waals surface area (Å²) < 4.78 is 5.10. The smallest absolute Gasteiger partial charge is 0.409 e. The molecule has 0 radical (unpaired) electrons. The normalized spacial score (nSPS) is 17.7. The summed E-state index contributed by atoms with van der Waals surface area (Å²) in [4.78, 5) is 34.1. The van der Waals surface area contributed by atoms with E-state index in [1.54, 1.807) is 17.3 Å². The Bertz CT molecular complexity index is 692. The third-order valence-electron chi connectivity index (χ3n) is 5.54. The van der Waals surface area contributed by atoms with E-state index in [0.717, 1.165) is 77.2 Å². The van der Waals surface area contributed by atoms with Crippen molar-refractivity contribution in [1.82, 2.24) is 30.0 Å². The number of anilines is 1. The summed E-state index contributed by atoms with van der Waals surface area (Å²) in [6.07, 6.45) is 4.40. The predicted molar refractivity (Wildman–Crippen MR) is 137 cm³/mol. The average Bonchev–Trinajstić information content (AvgIpc) is 2.82. The molecule has 2 aliphatic rings. The minimum Gasteiger partial charge on any atom is -0.450 e. The highest BCUT2D eigenvalue weighted by Crippen LogP contribution is 2.10. The van der Waals surface area contributed by atoms with Gasteiger partial charge < -0.3 is 24.8 Å². The van der Waals surface area contributed by atoms with E-state index < -0.39 is 0 Å². The minimum atomic E-state index is -0.219. The summed E-state index contributed by atoms with van der Waals surface area (Å²) in [5, 5.41) is 3.39. The Kier molecular flexibility index (Phi) is 11.8. The number of aliphatic imine (C=N–C) groups is 1. The van der Waals surface area contributed by atoms with E-state index in [1.807, 2.05) is 13.0 Å². The molecule has 0 bridgehead atoms. The summed E-state index contributed by atoms with van der Waals surface area (Å²) >= 11 is 0. The first-order valence-corrected chi connectivity index (χ1v) is 11.4. The van der Waals surface area contributed by atoms with Gasteiger partial charge in [0, 0.05) is 84.4 Å². The van der Waals surface area contributed by atoms with Gasteiger partial charge in [0.1, 0.15) is 0 Å². The van der Waals surface area contributed by atoms with Crippen LogP contribution in [0.2, 0.25) is 0 Å². The van der Waals surface area contributed by atoms with Crippen LogP contribution in [0, 0.1) is 0 Å². The summed E-state index contributed by atoms with van der Waals surface area (Å²) in [5.41, 5.74) is 0. The fraction of sp³-hybridized carbons (Fsp3) is 0.714.